The minimum absolute atomic E-state index is 0.0384. The molecule has 0 saturated heterocycles. The number of rotatable bonds is 6. The van der Waals surface area contributed by atoms with Gasteiger partial charge in [-0.3, -0.25) is 0 Å². The molecule has 1 aromatic heterocycles. The van der Waals surface area contributed by atoms with Gasteiger partial charge in [0, 0.05) is 0 Å². The second kappa shape index (κ2) is 11.8. The predicted octanol–water partition coefficient (Wildman–Crippen LogP) is 8.58. The second-order valence-corrected chi connectivity index (χ2v) is 21.5. The van der Waals surface area contributed by atoms with Crippen molar-refractivity contribution in [2.45, 2.75) is 79.6 Å². The molecule has 0 amide bonds. The number of nitrogens with zero attached hydrogens (tertiary/aromatic N) is 1. The van der Waals surface area contributed by atoms with E-state index < -0.39 is 21.8 Å². The molecule has 0 atom stereocenters. The molecule has 0 radical (unpaired) electrons. The molecular formula is C39H44BiN. The van der Waals surface area contributed by atoms with E-state index in [1.54, 1.807) is 6.54 Å². The summed E-state index contributed by atoms with van der Waals surface area (Å²) in [6, 6.07) is 32.7. The number of aromatic nitrogens is 1. The first kappa shape index (κ1) is 29.7. The van der Waals surface area contributed by atoms with Gasteiger partial charge in [-0.1, -0.05) is 0 Å². The molecule has 0 spiro atoms. The molecule has 0 aliphatic rings. The van der Waals surface area contributed by atoms with Crippen LogP contribution in [0.3, 0.4) is 0 Å². The molecule has 1 heterocycles. The van der Waals surface area contributed by atoms with Crippen molar-refractivity contribution >= 4 is 42.3 Å². The Balaban J connectivity index is 1.77. The third-order valence-corrected chi connectivity index (χ3v) is 18.1. The maximum atomic E-state index is 4.99. The van der Waals surface area contributed by atoms with Crippen LogP contribution in [0.25, 0.3) is 22.0 Å². The van der Waals surface area contributed by atoms with Crippen molar-refractivity contribution < 1.29 is 0 Å². The Morgan fingerprint density at radius 1 is 0.659 bits per heavy atom. The van der Waals surface area contributed by atoms with Crippen LogP contribution in [0.5, 0.6) is 0 Å². The number of aryl methyl sites for hydroxylation is 2. The quantitative estimate of drug-likeness (QED) is 0.159. The van der Waals surface area contributed by atoms with Crippen LogP contribution in [0.1, 0.15) is 88.1 Å². The summed E-state index contributed by atoms with van der Waals surface area (Å²) in [6.45, 7) is 20.8. The Bertz CT molecular complexity index is 1650. The average molecular weight is 736 g/mol. The van der Waals surface area contributed by atoms with Gasteiger partial charge >= 0.3 is 257 Å². The Kier molecular flexibility index (Phi) is 8.54. The van der Waals surface area contributed by atoms with Crippen molar-refractivity contribution in [3.05, 3.63) is 119 Å². The number of pyridine rings is 1. The van der Waals surface area contributed by atoms with E-state index in [9.17, 15) is 0 Å². The zero-order chi connectivity index (χ0) is 29.5. The number of hydrogen-bond donors (Lipinski definition) is 0. The van der Waals surface area contributed by atoms with Crippen LogP contribution < -0.4 is 9.81 Å². The normalized spacial score (nSPS) is 12.2. The van der Waals surface area contributed by atoms with E-state index in [1.165, 1.54) is 47.4 Å². The number of benzene rings is 4. The van der Waals surface area contributed by atoms with E-state index in [0.29, 0.717) is 11.8 Å². The molecule has 0 aliphatic carbocycles. The first-order valence-electron chi connectivity index (χ1n) is 14.9. The fourth-order valence-corrected chi connectivity index (χ4v) is 17.1. The number of hydrogen-bond acceptors (Lipinski definition) is 1. The molecule has 0 aliphatic heterocycles. The fraction of sp³-hybridized carbons (Fsp3) is 0.308. The molecule has 210 valence electrons. The minimum atomic E-state index is -2.74. The zero-order valence-electron chi connectivity index (χ0n) is 26.2. The predicted molar refractivity (Wildman–Crippen MR) is 181 cm³/mol. The summed E-state index contributed by atoms with van der Waals surface area (Å²) in [6.07, 6.45) is 2.06. The fourth-order valence-electron chi connectivity index (χ4n) is 5.88. The summed E-state index contributed by atoms with van der Waals surface area (Å²) < 4.78 is 4.68. The third-order valence-electron chi connectivity index (χ3n) is 8.06. The molecule has 1 nitrogen and oxygen atoms in total. The molecule has 5 aromatic rings. The molecule has 0 fully saturated rings. The molecule has 0 unspecified atom stereocenters. The molecule has 0 N–H and O–H groups in total. The van der Waals surface area contributed by atoms with E-state index in [-0.39, 0.29) is 5.41 Å². The zero-order valence-corrected chi connectivity index (χ0v) is 29.7. The Morgan fingerprint density at radius 2 is 1.24 bits per heavy atom. The van der Waals surface area contributed by atoms with Gasteiger partial charge in [-0.25, -0.2) is 0 Å². The van der Waals surface area contributed by atoms with Crippen molar-refractivity contribution in [1.29, 1.82) is 0 Å². The Morgan fingerprint density at radius 3 is 1.80 bits per heavy atom. The summed E-state index contributed by atoms with van der Waals surface area (Å²) in [4.78, 5) is 4.99. The van der Waals surface area contributed by atoms with E-state index in [0.717, 1.165) is 5.69 Å². The molecule has 5 rings (SSSR count). The van der Waals surface area contributed by atoms with Crippen LogP contribution >= 0.6 is 0 Å². The average Bonchev–Trinajstić information content (AvgIpc) is 2.93. The van der Waals surface area contributed by atoms with E-state index in [4.69, 9.17) is 4.98 Å². The summed E-state index contributed by atoms with van der Waals surface area (Å²) >= 11 is -2.74. The standard InChI is InChI=1S/C19H18N.2C10H13.Bi/c1-19(2,3)17-13-15(18-10-6-7-11-20-18)12-14-8-4-5-9-16(14)17;2*1-8(2)10-6-4-5-9(3)7-10;/h4-5,7-13H,1-3H3;2*4-5,7-8H,1-3H3;. The van der Waals surface area contributed by atoms with Gasteiger partial charge in [-0.2, -0.15) is 0 Å². The van der Waals surface area contributed by atoms with Crippen LogP contribution in [-0.2, 0) is 5.41 Å². The van der Waals surface area contributed by atoms with Crippen molar-refractivity contribution in [1.82, 2.24) is 4.98 Å². The molecular weight excluding hydrogens is 691 g/mol. The number of fused-ring (bicyclic) bond motifs is 1. The summed E-state index contributed by atoms with van der Waals surface area (Å²) in [5.74, 6) is 0.956. The topological polar surface area (TPSA) is 12.9 Å². The van der Waals surface area contributed by atoms with Gasteiger partial charge in [-0.05, 0) is 0 Å². The summed E-state index contributed by atoms with van der Waals surface area (Å²) in [5, 5.41) is 2.61. The van der Waals surface area contributed by atoms with Gasteiger partial charge in [-0.15, -0.1) is 0 Å². The molecule has 2 heteroatoms. The van der Waals surface area contributed by atoms with Gasteiger partial charge in [0.1, 0.15) is 0 Å². The van der Waals surface area contributed by atoms with Crippen molar-refractivity contribution in [3.8, 4) is 11.3 Å². The van der Waals surface area contributed by atoms with Crippen molar-refractivity contribution in [2.24, 2.45) is 0 Å². The van der Waals surface area contributed by atoms with Crippen molar-refractivity contribution in [3.63, 3.8) is 0 Å². The van der Waals surface area contributed by atoms with Crippen LogP contribution in [0.15, 0.2) is 91.1 Å². The van der Waals surface area contributed by atoms with Gasteiger partial charge in [0.25, 0.3) is 0 Å². The van der Waals surface area contributed by atoms with Gasteiger partial charge in [0.2, 0.25) is 0 Å². The van der Waals surface area contributed by atoms with Gasteiger partial charge in [0.15, 0.2) is 0 Å². The maximum absolute atomic E-state index is 4.99. The first-order valence-corrected chi connectivity index (χ1v) is 20.2. The summed E-state index contributed by atoms with van der Waals surface area (Å²) in [5.41, 5.74) is 9.41. The first-order chi connectivity index (χ1) is 19.4. The third kappa shape index (κ3) is 6.19. The Hall–Kier alpha value is -2.83. The van der Waals surface area contributed by atoms with Gasteiger partial charge in [0.05, 0.1) is 0 Å². The second-order valence-electron chi connectivity index (χ2n) is 13.2. The summed E-state index contributed by atoms with van der Waals surface area (Å²) in [7, 11) is 0. The van der Waals surface area contributed by atoms with Crippen molar-refractivity contribution in [2.75, 3.05) is 0 Å². The molecule has 4 aromatic carbocycles. The molecule has 41 heavy (non-hydrogen) atoms. The van der Waals surface area contributed by atoms with Gasteiger partial charge < -0.3 is 0 Å². The molecule has 0 saturated carbocycles. The van der Waals surface area contributed by atoms with Crippen LogP contribution in [0.2, 0.25) is 0 Å². The SMILES string of the molecule is Cc1cc[c]([Bi]([c]2ccnc(-c3cc(C(C)(C)C)c4ccccc4c3)c2)[c]2ccc(C)cc2C(C)C)c(C(C)C)c1. The van der Waals surface area contributed by atoms with Crippen LogP contribution in [0.4, 0.5) is 0 Å². The van der Waals surface area contributed by atoms with Crippen LogP contribution in [-0.4, -0.2) is 26.7 Å². The monoisotopic (exact) mass is 735 g/mol. The van der Waals surface area contributed by atoms with E-state index in [1.807, 2.05) is 0 Å². The molecule has 0 bridgehead atoms. The Labute approximate surface area is 255 Å². The van der Waals surface area contributed by atoms with E-state index >= 15 is 0 Å². The van der Waals surface area contributed by atoms with E-state index in [2.05, 4.69) is 153 Å². The van der Waals surface area contributed by atoms with Crippen LogP contribution in [0, 0.1) is 13.8 Å².